The van der Waals surface area contributed by atoms with Crippen LogP contribution in [0.2, 0.25) is 0 Å². The second-order valence-corrected chi connectivity index (χ2v) is 5.24. The molecule has 4 unspecified atom stereocenters. The molecule has 96 valence electrons. The Balaban J connectivity index is 1.90. The van der Waals surface area contributed by atoms with Gasteiger partial charge in [-0.05, 0) is 18.4 Å². The summed E-state index contributed by atoms with van der Waals surface area (Å²) < 4.78 is 0. The van der Waals surface area contributed by atoms with Gasteiger partial charge in [-0.15, -0.1) is 0 Å². The van der Waals surface area contributed by atoms with Crippen molar-refractivity contribution in [2.75, 3.05) is 0 Å². The quantitative estimate of drug-likeness (QED) is 0.743. The van der Waals surface area contributed by atoms with Gasteiger partial charge in [0.15, 0.2) is 0 Å². The number of nitrogens with one attached hydrogen (secondary N) is 2. The standard InChI is InChI=1S/C14H18N2O2/c17-14(18)10-7-4-8-11-12(10)13(16-15-11)9-5-2-1-3-6-9/h1-3,5-6,10-13,15-16H,4,7-8H2,(H,17,18). The Bertz CT molecular complexity index is 435. The fourth-order valence-electron chi connectivity index (χ4n) is 3.40. The lowest BCUT2D eigenvalue weighted by Crippen LogP contribution is -2.39. The van der Waals surface area contributed by atoms with Crippen LogP contribution in [0.4, 0.5) is 0 Å². The molecule has 0 aromatic heterocycles. The zero-order valence-electron chi connectivity index (χ0n) is 10.2. The molecule has 1 saturated heterocycles. The first kappa shape index (κ1) is 11.7. The van der Waals surface area contributed by atoms with Gasteiger partial charge < -0.3 is 5.11 Å². The topological polar surface area (TPSA) is 61.4 Å². The Morgan fingerprint density at radius 3 is 2.67 bits per heavy atom. The number of carbonyl (C=O) groups is 1. The number of aliphatic carboxylic acids is 1. The maximum Gasteiger partial charge on any atom is 0.306 e. The fourth-order valence-corrected chi connectivity index (χ4v) is 3.40. The highest BCUT2D eigenvalue weighted by molar-refractivity contribution is 5.71. The molecule has 2 fully saturated rings. The third kappa shape index (κ3) is 1.91. The molecule has 3 N–H and O–H groups in total. The smallest absolute Gasteiger partial charge is 0.306 e. The van der Waals surface area contributed by atoms with Crippen LogP contribution in [0.5, 0.6) is 0 Å². The number of hydrazine groups is 1. The molecule has 0 radical (unpaired) electrons. The molecule has 4 nitrogen and oxygen atoms in total. The summed E-state index contributed by atoms with van der Waals surface area (Å²) in [6, 6.07) is 10.5. The van der Waals surface area contributed by atoms with Crippen molar-refractivity contribution in [3.8, 4) is 0 Å². The monoisotopic (exact) mass is 246 g/mol. The van der Waals surface area contributed by atoms with E-state index < -0.39 is 5.97 Å². The summed E-state index contributed by atoms with van der Waals surface area (Å²) in [5.41, 5.74) is 7.74. The Labute approximate surface area is 106 Å². The molecule has 1 aromatic rings. The average molecular weight is 246 g/mol. The second-order valence-electron chi connectivity index (χ2n) is 5.24. The van der Waals surface area contributed by atoms with Crippen LogP contribution >= 0.6 is 0 Å². The lowest BCUT2D eigenvalue weighted by atomic mass is 9.72. The van der Waals surface area contributed by atoms with E-state index in [-0.39, 0.29) is 23.9 Å². The van der Waals surface area contributed by atoms with E-state index in [1.54, 1.807) is 0 Å². The van der Waals surface area contributed by atoms with Crippen molar-refractivity contribution in [1.29, 1.82) is 0 Å². The molecule has 0 amide bonds. The Kier molecular flexibility index (Phi) is 3.06. The maximum atomic E-state index is 11.4. The molecule has 0 spiro atoms. The second kappa shape index (κ2) is 4.71. The van der Waals surface area contributed by atoms with Crippen LogP contribution in [0.1, 0.15) is 30.9 Å². The molecule has 1 saturated carbocycles. The zero-order chi connectivity index (χ0) is 12.5. The van der Waals surface area contributed by atoms with Gasteiger partial charge in [-0.2, -0.15) is 0 Å². The van der Waals surface area contributed by atoms with Crippen molar-refractivity contribution in [1.82, 2.24) is 10.9 Å². The summed E-state index contributed by atoms with van der Waals surface area (Å²) in [6.07, 6.45) is 2.85. The van der Waals surface area contributed by atoms with E-state index in [0.717, 1.165) is 19.3 Å². The third-order valence-corrected chi connectivity index (χ3v) is 4.24. The van der Waals surface area contributed by atoms with Crippen molar-refractivity contribution in [2.45, 2.75) is 31.3 Å². The number of carboxylic acids is 1. The third-order valence-electron chi connectivity index (χ3n) is 4.24. The first-order valence-corrected chi connectivity index (χ1v) is 6.56. The van der Waals surface area contributed by atoms with Crippen molar-refractivity contribution in [3.05, 3.63) is 35.9 Å². The van der Waals surface area contributed by atoms with E-state index >= 15 is 0 Å². The van der Waals surface area contributed by atoms with Crippen molar-refractivity contribution >= 4 is 5.97 Å². The van der Waals surface area contributed by atoms with Crippen LogP contribution in [0.3, 0.4) is 0 Å². The summed E-state index contributed by atoms with van der Waals surface area (Å²) in [5, 5.41) is 9.39. The SMILES string of the molecule is O=C(O)C1CCCC2NNC(c3ccccc3)C21. The molecular formula is C14H18N2O2. The van der Waals surface area contributed by atoms with E-state index in [2.05, 4.69) is 23.0 Å². The Hall–Kier alpha value is -1.39. The summed E-state index contributed by atoms with van der Waals surface area (Å²) >= 11 is 0. The van der Waals surface area contributed by atoms with E-state index in [1.165, 1.54) is 5.56 Å². The van der Waals surface area contributed by atoms with Crippen molar-refractivity contribution in [3.63, 3.8) is 0 Å². The molecular weight excluding hydrogens is 228 g/mol. The van der Waals surface area contributed by atoms with Gasteiger partial charge in [-0.1, -0.05) is 36.8 Å². The van der Waals surface area contributed by atoms with Gasteiger partial charge in [0.2, 0.25) is 0 Å². The van der Waals surface area contributed by atoms with Crippen molar-refractivity contribution in [2.24, 2.45) is 11.8 Å². The zero-order valence-corrected chi connectivity index (χ0v) is 10.2. The minimum Gasteiger partial charge on any atom is -0.481 e. The number of carboxylic acid groups (broad SMARTS) is 1. The number of hydrogen-bond acceptors (Lipinski definition) is 3. The van der Waals surface area contributed by atoms with Gasteiger partial charge in [-0.25, -0.2) is 5.43 Å². The molecule has 1 aromatic carbocycles. The van der Waals surface area contributed by atoms with E-state index in [0.29, 0.717) is 0 Å². The molecule has 1 aliphatic carbocycles. The largest absolute Gasteiger partial charge is 0.481 e. The number of benzene rings is 1. The van der Waals surface area contributed by atoms with Crippen LogP contribution in [0.15, 0.2) is 30.3 Å². The van der Waals surface area contributed by atoms with E-state index in [9.17, 15) is 9.90 Å². The first-order chi connectivity index (χ1) is 8.77. The minimum atomic E-state index is -0.656. The van der Waals surface area contributed by atoms with Gasteiger partial charge in [0.05, 0.1) is 12.0 Å². The van der Waals surface area contributed by atoms with Gasteiger partial charge in [0.25, 0.3) is 0 Å². The van der Waals surface area contributed by atoms with E-state index in [1.807, 2.05) is 18.2 Å². The molecule has 1 aliphatic heterocycles. The predicted molar refractivity (Wildman–Crippen MR) is 67.7 cm³/mol. The molecule has 0 bridgehead atoms. The van der Waals surface area contributed by atoms with Crippen molar-refractivity contribution < 1.29 is 9.90 Å². The number of hydrogen-bond donors (Lipinski definition) is 3. The number of rotatable bonds is 2. The molecule has 1 heterocycles. The lowest BCUT2D eigenvalue weighted by molar-refractivity contribution is -0.145. The highest BCUT2D eigenvalue weighted by Crippen LogP contribution is 2.41. The highest BCUT2D eigenvalue weighted by Gasteiger charge is 2.46. The highest BCUT2D eigenvalue weighted by atomic mass is 16.4. The van der Waals surface area contributed by atoms with Gasteiger partial charge >= 0.3 is 5.97 Å². The van der Waals surface area contributed by atoms with Crippen LogP contribution in [0.25, 0.3) is 0 Å². The van der Waals surface area contributed by atoms with Gasteiger partial charge in [0.1, 0.15) is 0 Å². The minimum absolute atomic E-state index is 0.109. The first-order valence-electron chi connectivity index (χ1n) is 6.56. The summed E-state index contributed by atoms with van der Waals surface area (Å²) in [6.45, 7) is 0. The van der Waals surface area contributed by atoms with E-state index in [4.69, 9.17) is 0 Å². The fraction of sp³-hybridized carbons (Fsp3) is 0.500. The Morgan fingerprint density at radius 2 is 1.94 bits per heavy atom. The normalized spacial score (nSPS) is 35.1. The summed E-state index contributed by atoms with van der Waals surface area (Å²) in [7, 11) is 0. The summed E-state index contributed by atoms with van der Waals surface area (Å²) in [4.78, 5) is 11.4. The summed E-state index contributed by atoms with van der Waals surface area (Å²) in [5.74, 6) is -0.744. The number of fused-ring (bicyclic) bond motifs is 1. The molecule has 3 rings (SSSR count). The van der Waals surface area contributed by atoms with Crippen LogP contribution in [-0.4, -0.2) is 17.1 Å². The predicted octanol–water partition coefficient (Wildman–Crippen LogP) is 1.70. The Morgan fingerprint density at radius 1 is 1.17 bits per heavy atom. The van der Waals surface area contributed by atoms with Crippen LogP contribution in [-0.2, 0) is 4.79 Å². The van der Waals surface area contributed by atoms with Crippen LogP contribution in [0, 0.1) is 11.8 Å². The molecule has 4 heteroatoms. The molecule has 4 atom stereocenters. The van der Waals surface area contributed by atoms with Crippen LogP contribution < -0.4 is 10.9 Å². The molecule has 18 heavy (non-hydrogen) atoms. The maximum absolute atomic E-state index is 11.4. The average Bonchev–Trinajstić information content (AvgIpc) is 2.83. The lowest BCUT2D eigenvalue weighted by Gasteiger charge is -2.33. The van der Waals surface area contributed by atoms with Gasteiger partial charge in [-0.3, -0.25) is 10.2 Å². The van der Waals surface area contributed by atoms with Gasteiger partial charge in [0, 0.05) is 12.0 Å². The molecule has 2 aliphatic rings.